The number of hydrogen-bond acceptors (Lipinski definition) is 4. The number of aryl methyl sites for hydroxylation is 1. The minimum Gasteiger partial charge on any atom is -0.496 e. The lowest BCUT2D eigenvalue weighted by Gasteiger charge is -2.04. The van der Waals surface area contributed by atoms with Crippen LogP contribution in [0.5, 0.6) is 5.75 Å². The first kappa shape index (κ1) is 14.8. The highest BCUT2D eigenvalue weighted by Crippen LogP contribution is 2.15. The van der Waals surface area contributed by atoms with Gasteiger partial charge in [-0.3, -0.25) is 9.20 Å². The molecule has 1 N–H and O–H groups in total. The minimum absolute atomic E-state index is 0.313. The number of amides is 1. The van der Waals surface area contributed by atoms with Crippen LogP contribution in [-0.2, 0) is 0 Å². The topological polar surface area (TPSA) is 68.0 Å². The lowest BCUT2D eigenvalue weighted by molar-refractivity contribution is 0.0948. The van der Waals surface area contributed by atoms with Crippen molar-refractivity contribution in [3.63, 3.8) is 0 Å². The first-order chi connectivity index (χ1) is 11.2. The summed E-state index contributed by atoms with van der Waals surface area (Å²) >= 11 is 0. The van der Waals surface area contributed by atoms with E-state index in [0.717, 1.165) is 11.2 Å². The predicted molar refractivity (Wildman–Crippen MR) is 88.0 cm³/mol. The van der Waals surface area contributed by atoms with E-state index in [0.29, 0.717) is 17.1 Å². The Balaban J connectivity index is 1.81. The molecule has 0 spiro atoms. The van der Waals surface area contributed by atoms with Crippen molar-refractivity contribution in [3.05, 3.63) is 65.6 Å². The summed E-state index contributed by atoms with van der Waals surface area (Å²) in [7, 11) is 1.59. The Labute approximate surface area is 133 Å². The molecule has 2 aromatic heterocycles. The predicted octanol–water partition coefficient (Wildman–Crippen LogP) is 2.42. The monoisotopic (exact) mass is 308 g/mol. The van der Waals surface area contributed by atoms with Crippen LogP contribution in [0.15, 0.2) is 53.8 Å². The van der Waals surface area contributed by atoms with Gasteiger partial charge in [-0.2, -0.15) is 5.10 Å². The fourth-order valence-corrected chi connectivity index (χ4v) is 2.37. The first-order valence-corrected chi connectivity index (χ1v) is 7.11. The Kier molecular flexibility index (Phi) is 4.05. The van der Waals surface area contributed by atoms with E-state index in [4.69, 9.17) is 4.74 Å². The van der Waals surface area contributed by atoms with E-state index in [1.165, 1.54) is 0 Å². The summed E-state index contributed by atoms with van der Waals surface area (Å²) in [4.78, 5) is 16.7. The molecule has 0 fully saturated rings. The number of carbonyl (C=O) groups excluding carboxylic acids is 1. The molecule has 0 aliphatic carbocycles. The molecular weight excluding hydrogens is 292 g/mol. The van der Waals surface area contributed by atoms with Crippen LogP contribution in [0.4, 0.5) is 0 Å². The van der Waals surface area contributed by atoms with Crippen molar-refractivity contribution in [2.45, 2.75) is 6.92 Å². The summed E-state index contributed by atoms with van der Waals surface area (Å²) < 4.78 is 6.97. The smallest absolute Gasteiger partial charge is 0.290 e. The van der Waals surface area contributed by atoms with E-state index in [9.17, 15) is 4.79 Å². The summed E-state index contributed by atoms with van der Waals surface area (Å²) in [6.45, 7) is 1.80. The largest absolute Gasteiger partial charge is 0.496 e. The van der Waals surface area contributed by atoms with Crippen LogP contribution in [0.25, 0.3) is 5.65 Å². The molecule has 0 saturated carbocycles. The van der Waals surface area contributed by atoms with Crippen LogP contribution in [0.2, 0.25) is 0 Å². The molecule has 6 heteroatoms. The summed E-state index contributed by atoms with van der Waals surface area (Å²) in [6.07, 6.45) is 3.35. The van der Waals surface area contributed by atoms with Crippen LogP contribution in [0.1, 0.15) is 21.7 Å². The van der Waals surface area contributed by atoms with Gasteiger partial charge >= 0.3 is 0 Å². The Morgan fingerprint density at radius 2 is 2.04 bits per heavy atom. The highest BCUT2D eigenvalue weighted by molar-refractivity contribution is 5.95. The van der Waals surface area contributed by atoms with Crippen LogP contribution < -0.4 is 10.2 Å². The number of imidazole rings is 1. The zero-order valence-electron chi connectivity index (χ0n) is 12.9. The molecule has 6 nitrogen and oxygen atoms in total. The van der Waals surface area contributed by atoms with E-state index < -0.39 is 0 Å². The molecule has 2 heterocycles. The van der Waals surface area contributed by atoms with Gasteiger partial charge in [0.25, 0.3) is 5.91 Å². The van der Waals surface area contributed by atoms with E-state index in [1.54, 1.807) is 30.8 Å². The van der Waals surface area contributed by atoms with Gasteiger partial charge in [-0.15, -0.1) is 0 Å². The lowest BCUT2D eigenvalue weighted by Crippen LogP contribution is -2.20. The Bertz CT molecular complexity index is 883. The van der Waals surface area contributed by atoms with E-state index in [1.807, 2.05) is 42.5 Å². The molecule has 0 aliphatic heterocycles. The molecule has 0 unspecified atom stereocenters. The molecule has 116 valence electrons. The van der Waals surface area contributed by atoms with Crippen molar-refractivity contribution in [1.82, 2.24) is 14.8 Å². The molecule has 0 radical (unpaired) electrons. The number of ether oxygens (including phenoxy) is 1. The van der Waals surface area contributed by atoms with Crippen LogP contribution in [0.3, 0.4) is 0 Å². The normalized spacial score (nSPS) is 11.0. The molecule has 0 aliphatic rings. The van der Waals surface area contributed by atoms with Crippen LogP contribution >= 0.6 is 0 Å². The second-order valence-corrected chi connectivity index (χ2v) is 4.92. The number of fused-ring (bicyclic) bond motifs is 1. The number of aromatic nitrogens is 2. The maximum atomic E-state index is 12.4. The molecule has 3 aromatic rings. The number of nitrogens with zero attached hydrogens (tertiary/aromatic N) is 3. The Morgan fingerprint density at radius 1 is 1.26 bits per heavy atom. The minimum atomic E-state index is -0.313. The molecule has 3 rings (SSSR count). The fourth-order valence-electron chi connectivity index (χ4n) is 2.37. The van der Waals surface area contributed by atoms with E-state index in [2.05, 4.69) is 15.5 Å². The van der Waals surface area contributed by atoms with Crippen molar-refractivity contribution in [3.8, 4) is 5.75 Å². The number of hydrazone groups is 1. The second-order valence-electron chi connectivity index (χ2n) is 4.92. The third-order valence-corrected chi connectivity index (χ3v) is 3.43. The van der Waals surface area contributed by atoms with Gasteiger partial charge in [-0.25, -0.2) is 10.4 Å². The van der Waals surface area contributed by atoms with Crippen molar-refractivity contribution in [2.75, 3.05) is 7.11 Å². The standard InChI is InChI=1S/C17H16N4O2/c1-12-16(21-10-6-5-9-15(21)19-12)17(22)20-18-11-13-7-3-4-8-14(13)23-2/h3-11H,1-2H3,(H,20,22). The Morgan fingerprint density at radius 3 is 2.87 bits per heavy atom. The molecule has 1 aromatic carbocycles. The number of benzene rings is 1. The summed E-state index contributed by atoms with van der Waals surface area (Å²) in [5.41, 5.74) is 5.16. The van der Waals surface area contributed by atoms with E-state index in [-0.39, 0.29) is 5.91 Å². The highest BCUT2D eigenvalue weighted by atomic mass is 16.5. The van der Waals surface area contributed by atoms with Crippen molar-refractivity contribution in [2.24, 2.45) is 5.10 Å². The quantitative estimate of drug-likeness (QED) is 0.594. The van der Waals surface area contributed by atoms with Crippen LogP contribution in [-0.4, -0.2) is 28.6 Å². The fraction of sp³-hybridized carbons (Fsp3) is 0.118. The van der Waals surface area contributed by atoms with Gasteiger partial charge in [0, 0.05) is 11.8 Å². The van der Waals surface area contributed by atoms with Crippen molar-refractivity contribution >= 4 is 17.8 Å². The highest BCUT2D eigenvalue weighted by Gasteiger charge is 2.15. The number of methoxy groups -OCH3 is 1. The van der Waals surface area contributed by atoms with Gasteiger partial charge in [-0.05, 0) is 31.2 Å². The van der Waals surface area contributed by atoms with Crippen LogP contribution in [0, 0.1) is 6.92 Å². The number of nitrogens with one attached hydrogen (secondary N) is 1. The third kappa shape index (κ3) is 2.91. The molecule has 0 saturated heterocycles. The summed E-state index contributed by atoms with van der Waals surface area (Å²) in [5.74, 6) is 0.379. The first-order valence-electron chi connectivity index (χ1n) is 7.11. The molecule has 0 atom stereocenters. The SMILES string of the molecule is COc1ccccc1C=NNC(=O)c1c(C)nc2ccccn12. The average Bonchev–Trinajstić information content (AvgIpc) is 2.91. The average molecular weight is 308 g/mol. The number of pyridine rings is 1. The third-order valence-electron chi connectivity index (χ3n) is 3.43. The molecule has 0 bridgehead atoms. The van der Waals surface area contributed by atoms with Gasteiger partial charge in [-0.1, -0.05) is 18.2 Å². The maximum absolute atomic E-state index is 12.4. The van der Waals surface area contributed by atoms with Crippen molar-refractivity contribution in [1.29, 1.82) is 0 Å². The molecular formula is C17H16N4O2. The van der Waals surface area contributed by atoms with Gasteiger partial charge < -0.3 is 4.74 Å². The van der Waals surface area contributed by atoms with Gasteiger partial charge in [0.1, 0.15) is 17.1 Å². The van der Waals surface area contributed by atoms with E-state index >= 15 is 0 Å². The molecule has 23 heavy (non-hydrogen) atoms. The zero-order chi connectivity index (χ0) is 16.2. The maximum Gasteiger partial charge on any atom is 0.290 e. The molecule has 1 amide bonds. The second kappa shape index (κ2) is 6.31. The number of carbonyl (C=O) groups is 1. The van der Waals surface area contributed by atoms with Gasteiger partial charge in [0.2, 0.25) is 0 Å². The van der Waals surface area contributed by atoms with Gasteiger partial charge in [0.15, 0.2) is 0 Å². The lowest BCUT2D eigenvalue weighted by atomic mass is 10.2. The number of hydrogen-bond donors (Lipinski definition) is 1. The summed E-state index contributed by atoms with van der Waals surface area (Å²) in [6, 6.07) is 13.0. The summed E-state index contributed by atoms with van der Waals surface area (Å²) in [5, 5.41) is 4.01. The number of rotatable bonds is 4. The Hall–Kier alpha value is -3.15. The van der Waals surface area contributed by atoms with Crippen molar-refractivity contribution < 1.29 is 9.53 Å². The number of para-hydroxylation sites is 1. The van der Waals surface area contributed by atoms with Gasteiger partial charge in [0.05, 0.1) is 19.0 Å². The zero-order valence-corrected chi connectivity index (χ0v) is 12.9.